The molecule has 0 radical (unpaired) electrons. The summed E-state index contributed by atoms with van der Waals surface area (Å²) < 4.78 is 29.2. The Hall–Kier alpha value is -3.36. The molecule has 0 fully saturated rings. The number of unbranched alkanes of at least 4 members (excludes halogenated alkanes) is 6. The highest BCUT2D eigenvalue weighted by Gasteiger charge is 2.08. The molecule has 0 heterocycles. The van der Waals surface area contributed by atoms with Crippen LogP contribution >= 0.6 is 0 Å². The number of halogens is 2. The monoisotopic (exact) mass is 482 g/mol. The molecule has 0 spiro atoms. The minimum absolute atomic E-state index is 0.229. The van der Waals surface area contributed by atoms with Gasteiger partial charge in [0.2, 0.25) is 0 Å². The first kappa shape index (κ1) is 27.2. The van der Waals surface area contributed by atoms with Gasteiger partial charge in [0.1, 0.15) is 11.6 Å². The number of benzene rings is 3. The van der Waals surface area contributed by atoms with Gasteiger partial charge in [-0.2, -0.15) is 0 Å². The molecule has 0 nitrogen and oxygen atoms in total. The van der Waals surface area contributed by atoms with Crippen LogP contribution in [0.3, 0.4) is 0 Å². The van der Waals surface area contributed by atoms with Gasteiger partial charge in [0.15, 0.2) is 0 Å². The lowest BCUT2D eigenvalue weighted by atomic mass is 10.0. The highest BCUT2D eigenvalue weighted by atomic mass is 19.1. The van der Waals surface area contributed by atoms with Crippen LogP contribution in [0, 0.1) is 35.3 Å². The summed E-state index contributed by atoms with van der Waals surface area (Å²) in [6.45, 7) is 4.37. The third-order valence-corrected chi connectivity index (χ3v) is 6.24. The summed E-state index contributed by atoms with van der Waals surface area (Å²) in [5.41, 5.74) is 4.15. The van der Waals surface area contributed by atoms with E-state index in [9.17, 15) is 8.78 Å². The maximum atomic E-state index is 14.6. The Morgan fingerprint density at radius 3 is 1.53 bits per heavy atom. The summed E-state index contributed by atoms with van der Waals surface area (Å²) in [6, 6.07) is 18.4. The van der Waals surface area contributed by atoms with Crippen molar-refractivity contribution in [3.8, 4) is 23.7 Å². The van der Waals surface area contributed by atoms with Crippen LogP contribution in [-0.2, 0) is 12.8 Å². The molecule has 0 amide bonds. The second-order valence-electron chi connectivity index (χ2n) is 9.33. The molecule has 0 N–H and O–H groups in total. The molecule has 0 aliphatic rings. The summed E-state index contributed by atoms with van der Waals surface area (Å²) in [5, 5.41) is 0. The van der Waals surface area contributed by atoms with Crippen molar-refractivity contribution < 1.29 is 8.78 Å². The van der Waals surface area contributed by atoms with Gasteiger partial charge in [-0.1, -0.05) is 107 Å². The third kappa shape index (κ3) is 9.02. The van der Waals surface area contributed by atoms with E-state index >= 15 is 0 Å². The molecule has 0 saturated carbocycles. The lowest BCUT2D eigenvalue weighted by Gasteiger charge is -2.03. The lowest BCUT2D eigenvalue weighted by molar-refractivity contribution is 0.577. The normalized spacial score (nSPS) is 10.3. The fraction of sp³-hybridized carbons (Fsp3) is 0.353. The Morgan fingerprint density at radius 1 is 0.500 bits per heavy atom. The van der Waals surface area contributed by atoms with Crippen molar-refractivity contribution in [2.24, 2.45) is 0 Å². The lowest BCUT2D eigenvalue weighted by Crippen LogP contribution is -1.93. The Morgan fingerprint density at radius 2 is 0.972 bits per heavy atom. The van der Waals surface area contributed by atoms with Crippen molar-refractivity contribution in [1.82, 2.24) is 0 Å². The van der Waals surface area contributed by atoms with Gasteiger partial charge in [-0.15, -0.1) is 0 Å². The Balaban J connectivity index is 1.57. The van der Waals surface area contributed by atoms with Gasteiger partial charge < -0.3 is 0 Å². The van der Waals surface area contributed by atoms with Crippen LogP contribution in [0.4, 0.5) is 8.78 Å². The average Bonchev–Trinajstić information content (AvgIpc) is 2.88. The molecule has 0 unspecified atom stereocenters. The number of hydrogen-bond acceptors (Lipinski definition) is 0. The number of hydrogen-bond donors (Lipinski definition) is 0. The predicted octanol–water partition coefficient (Wildman–Crippen LogP) is 9.01. The smallest absolute Gasteiger partial charge is 0.143 e. The van der Waals surface area contributed by atoms with E-state index in [2.05, 4.69) is 49.7 Å². The molecule has 0 aliphatic carbocycles. The van der Waals surface area contributed by atoms with E-state index in [1.807, 2.05) is 36.4 Å². The van der Waals surface area contributed by atoms with Crippen molar-refractivity contribution in [3.05, 3.63) is 106 Å². The van der Waals surface area contributed by atoms with Crippen molar-refractivity contribution in [3.63, 3.8) is 0 Å². The van der Waals surface area contributed by atoms with Crippen LogP contribution in [0.5, 0.6) is 0 Å². The van der Waals surface area contributed by atoms with E-state index in [4.69, 9.17) is 0 Å². The zero-order valence-electron chi connectivity index (χ0n) is 21.6. The van der Waals surface area contributed by atoms with Crippen LogP contribution in [0.25, 0.3) is 0 Å². The first-order chi connectivity index (χ1) is 17.6. The van der Waals surface area contributed by atoms with Gasteiger partial charge in [-0.25, -0.2) is 8.78 Å². The molecule has 186 valence electrons. The Bertz CT molecular complexity index is 1190. The molecule has 36 heavy (non-hydrogen) atoms. The molecule has 0 saturated heterocycles. The Labute approximate surface area is 216 Å². The zero-order valence-corrected chi connectivity index (χ0v) is 21.6. The molecule has 0 aliphatic heterocycles. The first-order valence-corrected chi connectivity index (χ1v) is 13.3. The highest BCUT2D eigenvalue weighted by Crippen LogP contribution is 2.16. The quantitative estimate of drug-likeness (QED) is 0.200. The second kappa shape index (κ2) is 14.9. The van der Waals surface area contributed by atoms with Crippen LogP contribution in [0.1, 0.15) is 98.6 Å². The zero-order chi connectivity index (χ0) is 25.6. The first-order valence-electron chi connectivity index (χ1n) is 13.3. The molecular formula is C34H36F2. The minimum atomic E-state index is -0.695. The molecule has 3 aromatic rings. The summed E-state index contributed by atoms with van der Waals surface area (Å²) in [4.78, 5) is 0. The van der Waals surface area contributed by atoms with E-state index in [-0.39, 0.29) is 5.56 Å². The van der Waals surface area contributed by atoms with Gasteiger partial charge in [-0.05, 0) is 66.8 Å². The summed E-state index contributed by atoms with van der Waals surface area (Å²) in [5.74, 6) is 10.0. The van der Waals surface area contributed by atoms with E-state index in [0.29, 0.717) is 5.56 Å². The fourth-order valence-electron chi connectivity index (χ4n) is 4.13. The molecular weight excluding hydrogens is 446 g/mol. The van der Waals surface area contributed by atoms with E-state index in [0.717, 1.165) is 30.4 Å². The molecule has 0 aromatic heterocycles. The summed E-state index contributed by atoms with van der Waals surface area (Å²) in [6.07, 6.45) is 12.2. The number of aryl methyl sites for hydroxylation is 2. The minimum Gasteiger partial charge on any atom is -0.205 e. The van der Waals surface area contributed by atoms with Crippen molar-refractivity contribution >= 4 is 0 Å². The van der Waals surface area contributed by atoms with Crippen LogP contribution < -0.4 is 0 Å². The molecule has 0 bridgehead atoms. The van der Waals surface area contributed by atoms with Crippen LogP contribution in [-0.4, -0.2) is 0 Å². The van der Waals surface area contributed by atoms with E-state index in [1.54, 1.807) is 0 Å². The van der Waals surface area contributed by atoms with Gasteiger partial charge >= 0.3 is 0 Å². The summed E-state index contributed by atoms with van der Waals surface area (Å²) in [7, 11) is 0. The van der Waals surface area contributed by atoms with Gasteiger partial charge in [0, 0.05) is 16.7 Å². The Kier molecular flexibility index (Phi) is 11.3. The maximum Gasteiger partial charge on any atom is 0.143 e. The van der Waals surface area contributed by atoms with Gasteiger partial charge in [0.05, 0.1) is 5.56 Å². The summed E-state index contributed by atoms with van der Waals surface area (Å²) >= 11 is 0. The van der Waals surface area contributed by atoms with Gasteiger partial charge in [-0.3, -0.25) is 0 Å². The van der Waals surface area contributed by atoms with E-state index in [1.165, 1.54) is 68.2 Å². The van der Waals surface area contributed by atoms with Crippen molar-refractivity contribution in [1.29, 1.82) is 0 Å². The van der Waals surface area contributed by atoms with E-state index < -0.39 is 11.6 Å². The SMILES string of the molecule is CCCCCCCCCc1ccc(C#Cc2cc(F)c(C#Cc3ccc(CCC)cc3)c(F)c2)cc1. The molecule has 3 rings (SSSR count). The maximum absolute atomic E-state index is 14.6. The third-order valence-electron chi connectivity index (χ3n) is 6.24. The van der Waals surface area contributed by atoms with Crippen LogP contribution in [0.2, 0.25) is 0 Å². The van der Waals surface area contributed by atoms with Crippen LogP contribution in [0.15, 0.2) is 60.7 Å². The topological polar surface area (TPSA) is 0 Å². The number of rotatable bonds is 10. The van der Waals surface area contributed by atoms with Gasteiger partial charge in [0.25, 0.3) is 0 Å². The molecule has 0 atom stereocenters. The molecule has 2 heteroatoms. The van der Waals surface area contributed by atoms with Crippen molar-refractivity contribution in [2.45, 2.75) is 78.1 Å². The predicted molar refractivity (Wildman–Crippen MR) is 147 cm³/mol. The largest absolute Gasteiger partial charge is 0.205 e. The highest BCUT2D eigenvalue weighted by molar-refractivity contribution is 5.49. The molecule has 3 aromatic carbocycles. The van der Waals surface area contributed by atoms with Crippen molar-refractivity contribution in [2.75, 3.05) is 0 Å². The fourth-order valence-corrected chi connectivity index (χ4v) is 4.13. The second-order valence-corrected chi connectivity index (χ2v) is 9.33. The average molecular weight is 483 g/mol. The standard InChI is InChI=1S/C34H36F2/c1-3-5-6-7-8-9-10-12-28-15-19-29(20-16-28)21-22-31-25-33(35)32(34(36)26-31)24-23-30-17-13-27(11-4-2)14-18-30/h13-20,25-26H,3-12H2,1-2H3.